The molecule has 2 aromatic carbocycles. The number of aliphatic carboxylic acids is 1. The van der Waals surface area contributed by atoms with Crippen molar-refractivity contribution in [1.82, 2.24) is 9.97 Å². The van der Waals surface area contributed by atoms with Gasteiger partial charge < -0.3 is 19.5 Å². The van der Waals surface area contributed by atoms with Crippen molar-refractivity contribution in [3.8, 4) is 11.5 Å². The van der Waals surface area contributed by atoms with Gasteiger partial charge in [-0.2, -0.15) is 0 Å². The smallest absolute Gasteiger partial charge is 0.490 e. The summed E-state index contributed by atoms with van der Waals surface area (Å²) in [7, 11) is 0. The number of anilines is 1. The molecule has 1 aliphatic rings. The number of aromatic nitrogens is 2. The first-order valence-electron chi connectivity index (χ1n) is 12.6. The van der Waals surface area contributed by atoms with Gasteiger partial charge in [0.15, 0.2) is 0 Å². The van der Waals surface area contributed by atoms with Gasteiger partial charge >= 0.3 is 12.3 Å². The van der Waals surface area contributed by atoms with Gasteiger partial charge in [-0.15, -0.1) is 13.2 Å². The van der Waals surface area contributed by atoms with Crippen molar-refractivity contribution < 1.29 is 32.5 Å². The average Bonchev–Trinajstić information content (AvgIpc) is 2.88. The highest BCUT2D eigenvalue weighted by atomic mass is 19.4. The number of fused-ring (bicyclic) bond motifs is 1. The molecule has 38 heavy (non-hydrogen) atoms. The van der Waals surface area contributed by atoms with Gasteiger partial charge in [-0.05, 0) is 72.6 Å². The van der Waals surface area contributed by atoms with Crippen molar-refractivity contribution in [3.63, 3.8) is 0 Å². The van der Waals surface area contributed by atoms with E-state index in [2.05, 4.69) is 14.7 Å². The molecule has 1 atom stereocenters. The summed E-state index contributed by atoms with van der Waals surface area (Å²) < 4.78 is 47.7. The Morgan fingerprint density at radius 2 is 1.87 bits per heavy atom. The number of hydrogen-bond donors (Lipinski definition) is 1. The second kappa shape index (κ2) is 12.1. The number of nitrogens with zero attached hydrogens (tertiary/aromatic N) is 3. The number of halogens is 3. The van der Waals surface area contributed by atoms with E-state index in [1.165, 1.54) is 12.1 Å². The molecule has 1 N–H and O–H groups in total. The van der Waals surface area contributed by atoms with E-state index >= 15 is 0 Å². The molecule has 0 saturated carbocycles. The Balaban J connectivity index is 1.40. The van der Waals surface area contributed by atoms with E-state index in [9.17, 15) is 18.0 Å². The Labute approximate surface area is 219 Å². The van der Waals surface area contributed by atoms with E-state index in [1.54, 1.807) is 24.5 Å². The first-order chi connectivity index (χ1) is 18.2. The summed E-state index contributed by atoms with van der Waals surface area (Å²) in [6.45, 7) is 3.07. The van der Waals surface area contributed by atoms with E-state index < -0.39 is 12.3 Å². The zero-order valence-corrected chi connectivity index (χ0v) is 21.1. The lowest BCUT2D eigenvalue weighted by molar-refractivity contribution is -0.274. The van der Waals surface area contributed by atoms with Crippen molar-refractivity contribution in [2.24, 2.45) is 0 Å². The summed E-state index contributed by atoms with van der Waals surface area (Å²) in [5, 5.41) is 9.17. The van der Waals surface area contributed by atoms with Crippen LogP contribution >= 0.6 is 0 Å². The van der Waals surface area contributed by atoms with Gasteiger partial charge in [0, 0.05) is 25.5 Å². The maximum Gasteiger partial charge on any atom is 0.573 e. The first kappa shape index (κ1) is 27.2. The molecule has 202 valence electrons. The molecule has 1 aliphatic heterocycles. The fourth-order valence-corrected chi connectivity index (χ4v) is 4.55. The number of carbonyl (C=O) groups is 1. The van der Waals surface area contributed by atoms with Crippen LogP contribution in [0.2, 0.25) is 0 Å². The normalized spacial score (nSPS) is 14.9. The summed E-state index contributed by atoms with van der Waals surface area (Å²) in [5.74, 6) is 0.164. The van der Waals surface area contributed by atoms with Crippen molar-refractivity contribution in [2.75, 3.05) is 11.4 Å². The summed E-state index contributed by atoms with van der Waals surface area (Å²) >= 11 is 0. The predicted molar refractivity (Wildman–Crippen MR) is 135 cm³/mol. The summed E-state index contributed by atoms with van der Waals surface area (Å²) in [6.07, 6.45) is 2.76. The highest BCUT2D eigenvalue weighted by Crippen LogP contribution is 2.32. The lowest BCUT2D eigenvalue weighted by atomic mass is 9.94. The first-order valence-corrected chi connectivity index (χ1v) is 12.6. The minimum Gasteiger partial charge on any atom is -0.490 e. The monoisotopic (exact) mass is 529 g/mol. The van der Waals surface area contributed by atoms with Gasteiger partial charge in [0.1, 0.15) is 11.5 Å². The van der Waals surface area contributed by atoms with Crippen LogP contribution in [0.25, 0.3) is 0 Å². The lowest BCUT2D eigenvalue weighted by Gasteiger charge is -2.29. The number of benzene rings is 2. The van der Waals surface area contributed by atoms with E-state index in [1.807, 2.05) is 30.0 Å². The molecule has 4 rings (SSSR count). The number of aryl methyl sites for hydroxylation is 1. The van der Waals surface area contributed by atoms with E-state index in [0.29, 0.717) is 19.0 Å². The Kier molecular flexibility index (Phi) is 8.70. The van der Waals surface area contributed by atoms with Crippen LogP contribution in [0.4, 0.5) is 19.1 Å². The number of alkyl halides is 3. The number of hydrogen-bond acceptors (Lipinski definition) is 6. The maximum absolute atomic E-state index is 12.5. The molecule has 0 saturated heterocycles. The van der Waals surface area contributed by atoms with Gasteiger partial charge in [-0.1, -0.05) is 31.2 Å². The molecule has 2 heterocycles. The van der Waals surface area contributed by atoms with Crippen molar-refractivity contribution in [3.05, 3.63) is 77.1 Å². The van der Waals surface area contributed by atoms with Crippen LogP contribution in [0.5, 0.6) is 11.5 Å². The summed E-state index contributed by atoms with van der Waals surface area (Å²) in [4.78, 5) is 22.2. The van der Waals surface area contributed by atoms with E-state index in [4.69, 9.17) is 9.84 Å². The van der Waals surface area contributed by atoms with Crippen LogP contribution in [0.1, 0.15) is 48.4 Å². The fraction of sp³-hybridized carbons (Fsp3) is 0.393. The molecule has 1 unspecified atom stereocenters. The van der Waals surface area contributed by atoms with Crippen LogP contribution in [-0.2, 0) is 30.6 Å². The Bertz CT molecular complexity index is 1220. The van der Waals surface area contributed by atoms with Crippen LogP contribution in [0, 0.1) is 0 Å². The molecule has 7 nitrogen and oxygen atoms in total. The van der Waals surface area contributed by atoms with E-state index in [-0.39, 0.29) is 18.3 Å². The second-order valence-electron chi connectivity index (χ2n) is 9.24. The van der Waals surface area contributed by atoms with Crippen LogP contribution < -0.4 is 14.4 Å². The van der Waals surface area contributed by atoms with Crippen LogP contribution in [0.3, 0.4) is 0 Å². The molecule has 0 spiro atoms. The third-order valence-corrected chi connectivity index (χ3v) is 6.45. The minimum atomic E-state index is -4.73. The van der Waals surface area contributed by atoms with Gasteiger partial charge in [0.2, 0.25) is 5.95 Å². The predicted octanol–water partition coefficient (Wildman–Crippen LogP) is 5.75. The van der Waals surface area contributed by atoms with Crippen LogP contribution in [0.15, 0.2) is 54.9 Å². The molecule has 0 aliphatic carbocycles. The van der Waals surface area contributed by atoms with E-state index in [0.717, 1.165) is 60.1 Å². The molecular weight excluding hydrogens is 499 g/mol. The maximum atomic E-state index is 12.5. The highest BCUT2D eigenvalue weighted by Gasteiger charge is 2.31. The van der Waals surface area contributed by atoms with Crippen molar-refractivity contribution >= 4 is 11.9 Å². The standard InChI is InChI=1S/C28H30F3N3O4/c1-2-19-16-32-27(33-17-19)34(18-20-8-10-23(11-9-20)38-28(29,30)31)14-4-6-22-12-13-24-21(15-26(35)36)5-3-7-25(24)37-22/h3,5,7-11,16-17,22H,2,4,6,12-15,18H2,1H3,(H,35,36). The Hall–Kier alpha value is -3.82. The summed E-state index contributed by atoms with van der Waals surface area (Å²) in [6, 6.07) is 11.3. The second-order valence-corrected chi connectivity index (χ2v) is 9.24. The van der Waals surface area contributed by atoms with Crippen molar-refractivity contribution in [2.45, 2.75) is 64.5 Å². The molecule has 0 amide bonds. The average molecular weight is 530 g/mol. The molecular formula is C28H30F3N3O4. The summed E-state index contributed by atoms with van der Waals surface area (Å²) in [5.41, 5.74) is 3.57. The largest absolute Gasteiger partial charge is 0.573 e. The minimum absolute atomic E-state index is 0.00612. The quantitative estimate of drug-likeness (QED) is 0.339. The number of carboxylic acid groups (broad SMARTS) is 1. The molecule has 3 aromatic rings. The zero-order valence-electron chi connectivity index (χ0n) is 21.1. The van der Waals surface area contributed by atoms with Gasteiger partial charge in [0.05, 0.1) is 12.5 Å². The van der Waals surface area contributed by atoms with Gasteiger partial charge in [-0.3, -0.25) is 4.79 Å². The number of ether oxygens (including phenoxy) is 2. The number of carboxylic acids is 1. The highest BCUT2D eigenvalue weighted by molar-refractivity contribution is 5.71. The number of rotatable bonds is 11. The molecule has 0 radical (unpaired) electrons. The lowest BCUT2D eigenvalue weighted by Crippen LogP contribution is -2.29. The molecule has 10 heteroatoms. The molecule has 0 bridgehead atoms. The third kappa shape index (κ3) is 7.60. The Morgan fingerprint density at radius 3 is 2.53 bits per heavy atom. The molecule has 1 aromatic heterocycles. The van der Waals surface area contributed by atoms with Gasteiger partial charge in [0.25, 0.3) is 0 Å². The molecule has 0 fully saturated rings. The third-order valence-electron chi connectivity index (χ3n) is 6.45. The van der Waals surface area contributed by atoms with Gasteiger partial charge in [-0.25, -0.2) is 9.97 Å². The SMILES string of the molecule is CCc1cnc(N(CCCC2CCc3c(CC(=O)O)cccc3O2)Cc2ccc(OC(F)(F)F)cc2)nc1. The fourth-order valence-electron chi connectivity index (χ4n) is 4.55. The zero-order chi connectivity index (χ0) is 27.1. The van der Waals surface area contributed by atoms with Crippen molar-refractivity contribution in [1.29, 1.82) is 0 Å². The Morgan fingerprint density at radius 1 is 1.13 bits per heavy atom. The van der Waals surface area contributed by atoms with Crippen LogP contribution in [-0.4, -0.2) is 40.1 Å². The topological polar surface area (TPSA) is 84.8 Å².